The van der Waals surface area contributed by atoms with Crippen molar-refractivity contribution in [2.24, 2.45) is 0 Å². The number of carbonyl (C=O) groups is 1. The van der Waals surface area contributed by atoms with Crippen molar-refractivity contribution >= 4 is 23.3 Å². The number of nitrogens with zero attached hydrogens (tertiary/aromatic N) is 4. The summed E-state index contributed by atoms with van der Waals surface area (Å²) in [6.07, 6.45) is 1.48. The van der Waals surface area contributed by atoms with Gasteiger partial charge in [-0.1, -0.05) is 41.9 Å². The van der Waals surface area contributed by atoms with E-state index >= 15 is 0 Å². The van der Waals surface area contributed by atoms with E-state index in [1.54, 1.807) is 18.2 Å². The highest BCUT2D eigenvalue weighted by molar-refractivity contribution is 6.32. The van der Waals surface area contributed by atoms with Crippen molar-refractivity contribution in [3.05, 3.63) is 77.1 Å². The lowest BCUT2D eigenvalue weighted by molar-refractivity contribution is 0.0745. The molecule has 1 saturated heterocycles. The van der Waals surface area contributed by atoms with Crippen LogP contribution in [0.5, 0.6) is 11.6 Å². The van der Waals surface area contributed by atoms with Gasteiger partial charge in [0.15, 0.2) is 0 Å². The molecule has 29 heavy (non-hydrogen) atoms. The van der Waals surface area contributed by atoms with Gasteiger partial charge in [0.2, 0.25) is 5.88 Å². The molecule has 4 rings (SSSR count). The maximum absolute atomic E-state index is 12.8. The lowest BCUT2D eigenvalue weighted by Gasteiger charge is -2.35. The highest BCUT2D eigenvalue weighted by Crippen LogP contribution is 2.29. The molecule has 0 unspecified atom stereocenters. The summed E-state index contributed by atoms with van der Waals surface area (Å²) < 4.78 is 5.80. The van der Waals surface area contributed by atoms with Crippen LogP contribution in [0.3, 0.4) is 0 Å². The molecular formula is C22H21ClN4O2. The van der Waals surface area contributed by atoms with Crippen LogP contribution in [-0.4, -0.2) is 47.0 Å². The number of piperazine rings is 1. The summed E-state index contributed by atoms with van der Waals surface area (Å²) in [6, 6.07) is 16.7. The standard InChI is InChI=1S/C22H21ClN4O2/c1-16-6-2-3-7-17(16)22(28)27-12-10-26(11-13-27)20-14-21(25-15-24-20)29-19-9-5-4-8-18(19)23/h2-9,14-15H,10-13H2,1H3. The molecule has 7 heteroatoms. The van der Waals surface area contributed by atoms with Crippen LogP contribution in [0.25, 0.3) is 0 Å². The Labute approximate surface area is 174 Å². The Morgan fingerprint density at radius 1 is 1.00 bits per heavy atom. The maximum Gasteiger partial charge on any atom is 0.254 e. The molecule has 1 aliphatic rings. The van der Waals surface area contributed by atoms with Crippen LogP contribution in [0.4, 0.5) is 5.82 Å². The topological polar surface area (TPSA) is 58.6 Å². The molecule has 2 heterocycles. The van der Waals surface area contributed by atoms with E-state index in [0.29, 0.717) is 42.8 Å². The summed E-state index contributed by atoms with van der Waals surface area (Å²) >= 11 is 6.15. The molecule has 3 aromatic rings. The van der Waals surface area contributed by atoms with E-state index in [1.165, 1.54) is 6.33 Å². The van der Waals surface area contributed by atoms with E-state index in [4.69, 9.17) is 16.3 Å². The summed E-state index contributed by atoms with van der Waals surface area (Å²) in [4.78, 5) is 25.4. The minimum Gasteiger partial charge on any atom is -0.437 e. The molecule has 1 aliphatic heterocycles. The van der Waals surface area contributed by atoms with Crippen LogP contribution in [0, 0.1) is 6.92 Å². The number of carbonyl (C=O) groups excluding carboxylic acids is 1. The van der Waals surface area contributed by atoms with Gasteiger partial charge < -0.3 is 14.5 Å². The molecule has 6 nitrogen and oxygen atoms in total. The number of benzene rings is 2. The fraction of sp³-hybridized carbons (Fsp3) is 0.227. The SMILES string of the molecule is Cc1ccccc1C(=O)N1CCN(c2cc(Oc3ccccc3Cl)ncn2)CC1. The van der Waals surface area contributed by atoms with E-state index in [2.05, 4.69) is 14.9 Å². The van der Waals surface area contributed by atoms with Crippen LogP contribution >= 0.6 is 11.6 Å². The van der Waals surface area contributed by atoms with Gasteiger partial charge in [-0.3, -0.25) is 4.79 Å². The Morgan fingerprint density at radius 2 is 1.72 bits per heavy atom. The van der Waals surface area contributed by atoms with Crippen molar-refractivity contribution in [2.75, 3.05) is 31.1 Å². The van der Waals surface area contributed by atoms with Gasteiger partial charge in [0, 0.05) is 37.8 Å². The monoisotopic (exact) mass is 408 g/mol. The Hall–Kier alpha value is -3.12. The van der Waals surface area contributed by atoms with Gasteiger partial charge in [0.05, 0.1) is 5.02 Å². The Bertz CT molecular complexity index is 1020. The first kappa shape index (κ1) is 19.2. The van der Waals surface area contributed by atoms with E-state index in [-0.39, 0.29) is 5.91 Å². The van der Waals surface area contributed by atoms with Crippen LogP contribution in [-0.2, 0) is 0 Å². The van der Waals surface area contributed by atoms with Crippen LogP contribution in [0.15, 0.2) is 60.9 Å². The number of anilines is 1. The summed E-state index contributed by atoms with van der Waals surface area (Å²) in [5.74, 6) is 1.83. The van der Waals surface area contributed by atoms with E-state index in [0.717, 1.165) is 16.9 Å². The Kier molecular flexibility index (Phi) is 5.62. The molecule has 0 spiro atoms. The molecule has 1 fully saturated rings. The minimum atomic E-state index is 0.0770. The molecule has 0 bridgehead atoms. The van der Waals surface area contributed by atoms with Crippen molar-refractivity contribution in [1.82, 2.24) is 14.9 Å². The van der Waals surface area contributed by atoms with Gasteiger partial charge in [-0.15, -0.1) is 0 Å². The first-order valence-electron chi connectivity index (χ1n) is 9.46. The van der Waals surface area contributed by atoms with Crippen LogP contribution in [0.1, 0.15) is 15.9 Å². The second kappa shape index (κ2) is 8.49. The third-order valence-electron chi connectivity index (χ3n) is 4.95. The lowest BCUT2D eigenvalue weighted by Crippen LogP contribution is -2.49. The van der Waals surface area contributed by atoms with Gasteiger partial charge in [-0.25, -0.2) is 9.97 Å². The van der Waals surface area contributed by atoms with Crippen molar-refractivity contribution in [3.63, 3.8) is 0 Å². The number of hydrogen-bond donors (Lipinski definition) is 0. The molecule has 0 atom stereocenters. The quantitative estimate of drug-likeness (QED) is 0.647. The normalized spacial score (nSPS) is 14.0. The summed E-state index contributed by atoms with van der Waals surface area (Å²) in [5, 5.41) is 0.524. The van der Waals surface area contributed by atoms with E-state index < -0.39 is 0 Å². The zero-order valence-electron chi connectivity index (χ0n) is 16.1. The van der Waals surface area contributed by atoms with Crippen molar-refractivity contribution in [2.45, 2.75) is 6.92 Å². The highest BCUT2D eigenvalue weighted by atomic mass is 35.5. The summed E-state index contributed by atoms with van der Waals surface area (Å²) in [7, 11) is 0. The molecular weight excluding hydrogens is 388 g/mol. The molecule has 0 saturated carbocycles. The Balaban J connectivity index is 1.42. The van der Waals surface area contributed by atoms with Crippen molar-refractivity contribution < 1.29 is 9.53 Å². The maximum atomic E-state index is 12.8. The molecule has 1 aromatic heterocycles. The van der Waals surface area contributed by atoms with Crippen molar-refractivity contribution in [3.8, 4) is 11.6 Å². The minimum absolute atomic E-state index is 0.0770. The van der Waals surface area contributed by atoms with Gasteiger partial charge in [0.1, 0.15) is 17.9 Å². The van der Waals surface area contributed by atoms with Crippen LogP contribution < -0.4 is 9.64 Å². The number of aryl methyl sites for hydroxylation is 1. The first-order chi connectivity index (χ1) is 14.1. The second-order valence-electron chi connectivity index (χ2n) is 6.84. The van der Waals surface area contributed by atoms with Crippen LogP contribution in [0.2, 0.25) is 5.02 Å². The third-order valence-corrected chi connectivity index (χ3v) is 5.26. The first-order valence-corrected chi connectivity index (χ1v) is 9.84. The van der Waals surface area contributed by atoms with Gasteiger partial charge >= 0.3 is 0 Å². The Morgan fingerprint density at radius 3 is 2.48 bits per heavy atom. The fourth-order valence-corrected chi connectivity index (χ4v) is 3.49. The molecule has 2 aromatic carbocycles. The number of halogens is 1. The van der Waals surface area contributed by atoms with Gasteiger partial charge in [-0.2, -0.15) is 0 Å². The predicted molar refractivity (Wildman–Crippen MR) is 113 cm³/mol. The zero-order chi connectivity index (χ0) is 20.2. The smallest absolute Gasteiger partial charge is 0.254 e. The summed E-state index contributed by atoms with van der Waals surface area (Å²) in [5.41, 5.74) is 1.76. The molecule has 0 N–H and O–H groups in total. The number of amides is 1. The largest absolute Gasteiger partial charge is 0.437 e. The van der Waals surface area contributed by atoms with E-state index in [9.17, 15) is 4.79 Å². The molecule has 0 aliphatic carbocycles. The fourth-order valence-electron chi connectivity index (χ4n) is 3.32. The number of rotatable bonds is 4. The molecule has 0 radical (unpaired) electrons. The van der Waals surface area contributed by atoms with Gasteiger partial charge in [0.25, 0.3) is 5.91 Å². The lowest BCUT2D eigenvalue weighted by atomic mass is 10.1. The zero-order valence-corrected chi connectivity index (χ0v) is 16.8. The average Bonchev–Trinajstić information content (AvgIpc) is 2.76. The number of para-hydroxylation sites is 1. The second-order valence-corrected chi connectivity index (χ2v) is 7.25. The number of aromatic nitrogens is 2. The third kappa shape index (κ3) is 4.32. The predicted octanol–water partition coefficient (Wildman–Crippen LogP) is 4.19. The molecule has 148 valence electrons. The van der Waals surface area contributed by atoms with Crippen molar-refractivity contribution in [1.29, 1.82) is 0 Å². The highest BCUT2D eigenvalue weighted by Gasteiger charge is 2.24. The average molecular weight is 409 g/mol. The van der Waals surface area contributed by atoms with E-state index in [1.807, 2.05) is 48.2 Å². The summed E-state index contributed by atoms with van der Waals surface area (Å²) in [6.45, 7) is 4.63. The number of ether oxygens (including phenoxy) is 1. The number of hydrogen-bond acceptors (Lipinski definition) is 5. The molecule has 1 amide bonds. The van der Waals surface area contributed by atoms with Gasteiger partial charge in [-0.05, 0) is 30.7 Å².